The minimum Gasteiger partial charge on any atom is -0.481 e. The lowest BCUT2D eigenvalue weighted by Crippen LogP contribution is -2.26. The number of anilines is 1. The molecule has 1 fully saturated rings. The van der Waals surface area contributed by atoms with Gasteiger partial charge < -0.3 is 10.1 Å². The van der Waals surface area contributed by atoms with E-state index in [1.54, 1.807) is 18.2 Å². The maximum Gasteiger partial charge on any atom is 0.256 e. The number of methoxy groups -OCH3 is 1. The van der Waals surface area contributed by atoms with Gasteiger partial charge in [0.1, 0.15) is 0 Å². The number of benzene rings is 1. The number of carbonyl (C=O) groups is 1. The summed E-state index contributed by atoms with van der Waals surface area (Å²) in [5.74, 6) is -0.0132. The van der Waals surface area contributed by atoms with Gasteiger partial charge in [0.05, 0.1) is 29.5 Å². The Kier molecular flexibility index (Phi) is 5.07. The van der Waals surface area contributed by atoms with Crippen molar-refractivity contribution in [3.8, 4) is 5.88 Å². The number of carbonyl (C=O) groups excluding carboxylic acids is 1. The van der Waals surface area contributed by atoms with Crippen molar-refractivity contribution in [1.82, 2.24) is 9.71 Å². The van der Waals surface area contributed by atoms with E-state index in [9.17, 15) is 13.2 Å². The van der Waals surface area contributed by atoms with Crippen LogP contribution in [-0.4, -0.2) is 32.5 Å². The van der Waals surface area contributed by atoms with Crippen LogP contribution in [0.25, 0.3) is 0 Å². The fourth-order valence-corrected chi connectivity index (χ4v) is 3.87. The summed E-state index contributed by atoms with van der Waals surface area (Å²) in [4.78, 5) is 16.6. The van der Waals surface area contributed by atoms with Crippen LogP contribution in [0, 0.1) is 0 Å². The van der Waals surface area contributed by atoms with E-state index >= 15 is 0 Å². The van der Waals surface area contributed by atoms with Crippen molar-refractivity contribution in [1.29, 1.82) is 0 Å². The molecular weight excluding hydrogens is 410 g/mol. The highest BCUT2D eigenvalue weighted by Crippen LogP contribution is 2.25. The van der Waals surface area contributed by atoms with Gasteiger partial charge in [-0.05, 0) is 53.0 Å². The molecule has 0 atom stereocenters. The summed E-state index contributed by atoms with van der Waals surface area (Å²) in [7, 11) is -2.13. The van der Waals surface area contributed by atoms with Crippen molar-refractivity contribution < 1.29 is 17.9 Å². The fourth-order valence-electron chi connectivity index (χ4n) is 2.11. The van der Waals surface area contributed by atoms with Gasteiger partial charge in [-0.15, -0.1) is 0 Å². The van der Waals surface area contributed by atoms with Gasteiger partial charge in [-0.1, -0.05) is 0 Å². The van der Waals surface area contributed by atoms with E-state index in [0.29, 0.717) is 16.0 Å². The summed E-state index contributed by atoms with van der Waals surface area (Å²) in [5.41, 5.74) is 0.691. The molecule has 1 heterocycles. The van der Waals surface area contributed by atoms with Crippen LogP contribution >= 0.6 is 15.9 Å². The second-order valence-corrected chi connectivity index (χ2v) is 8.15. The number of hydrogen-bond acceptors (Lipinski definition) is 5. The molecule has 0 aliphatic heterocycles. The third-order valence-corrected chi connectivity index (χ3v) is 5.80. The quantitative estimate of drug-likeness (QED) is 0.740. The van der Waals surface area contributed by atoms with E-state index < -0.39 is 15.9 Å². The molecule has 1 aromatic heterocycles. The third-order valence-electron chi connectivity index (χ3n) is 3.60. The molecule has 25 heavy (non-hydrogen) atoms. The lowest BCUT2D eigenvalue weighted by molar-refractivity contribution is 0.102. The van der Waals surface area contributed by atoms with E-state index in [-0.39, 0.29) is 16.5 Å². The summed E-state index contributed by atoms with van der Waals surface area (Å²) < 4.78 is 32.7. The van der Waals surface area contributed by atoms with Gasteiger partial charge in [0.15, 0.2) is 0 Å². The predicted molar refractivity (Wildman–Crippen MR) is 96.2 cm³/mol. The lowest BCUT2D eigenvalue weighted by Gasteiger charge is -2.10. The Balaban J connectivity index is 1.82. The maximum atomic E-state index is 12.5. The molecule has 0 unspecified atom stereocenters. The van der Waals surface area contributed by atoms with E-state index in [1.807, 2.05) is 0 Å². The van der Waals surface area contributed by atoms with Crippen LogP contribution in [0.5, 0.6) is 5.88 Å². The average molecular weight is 426 g/mol. The lowest BCUT2D eigenvalue weighted by atomic mass is 10.2. The first-order valence-corrected chi connectivity index (χ1v) is 9.80. The Morgan fingerprint density at radius 1 is 1.28 bits per heavy atom. The number of ether oxygens (including phenoxy) is 1. The summed E-state index contributed by atoms with van der Waals surface area (Å²) in [6.07, 6.45) is 3.14. The van der Waals surface area contributed by atoms with E-state index in [1.165, 1.54) is 25.4 Å². The standard InChI is InChI=1S/C16H16BrN3O4S/c1-24-15-7-4-11(9-18-15)19-16(21)13-8-12(5-6-14(13)17)25(22,23)20-10-2-3-10/h4-10,20H,2-3H2,1H3,(H,19,21). The highest BCUT2D eigenvalue weighted by atomic mass is 79.9. The molecule has 2 aromatic rings. The number of sulfonamides is 1. The van der Waals surface area contributed by atoms with Crippen LogP contribution in [0.3, 0.4) is 0 Å². The molecule has 1 aliphatic carbocycles. The van der Waals surface area contributed by atoms with Crippen LogP contribution in [0.2, 0.25) is 0 Å². The molecule has 132 valence electrons. The minimum atomic E-state index is -3.63. The highest BCUT2D eigenvalue weighted by molar-refractivity contribution is 9.10. The second kappa shape index (κ2) is 7.11. The van der Waals surface area contributed by atoms with Gasteiger partial charge in [-0.25, -0.2) is 18.1 Å². The van der Waals surface area contributed by atoms with Gasteiger partial charge in [0.25, 0.3) is 5.91 Å². The van der Waals surface area contributed by atoms with Crippen LogP contribution in [0.1, 0.15) is 23.2 Å². The molecule has 1 aromatic carbocycles. The second-order valence-electron chi connectivity index (χ2n) is 5.58. The number of aromatic nitrogens is 1. The number of amides is 1. The number of rotatable bonds is 6. The predicted octanol–water partition coefficient (Wildman–Crippen LogP) is 2.55. The van der Waals surface area contributed by atoms with Crippen molar-refractivity contribution >= 4 is 37.5 Å². The topological polar surface area (TPSA) is 97.4 Å². The molecule has 0 bridgehead atoms. The fraction of sp³-hybridized carbons (Fsp3) is 0.250. The first kappa shape index (κ1) is 17.8. The first-order valence-electron chi connectivity index (χ1n) is 7.52. The Hall–Kier alpha value is -1.97. The molecule has 7 nitrogen and oxygen atoms in total. The zero-order chi connectivity index (χ0) is 18.0. The van der Waals surface area contributed by atoms with Crippen LogP contribution in [-0.2, 0) is 10.0 Å². The smallest absolute Gasteiger partial charge is 0.256 e. The summed E-state index contributed by atoms with van der Waals surface area (Å²) in [6, 6.07) is 7.61. The summed E-state index contributed by atoms with van der Waals surface area (Å²) in [5, 5.41) is 2.68. The van der Waals surface area contributed by atoms with Gasteiger partial charge >= 0.3 is 0 Å². The normalized spacial score (nSPS) is 14.2. The Labute approximate surface area is 154 Å². The SMILES string of the molecule is COc1ccc(NC(=O)c2cc(S(=O)(=O)NC3CC3)ccc2Br)cn1. The number of pyridine rings is 1. The van der Waals surface area contributed by atoms with E-state index in [4.69, 9.17) is 4.74 Å². The van der Waals surface area contributed by atoms with Crippen molar-refractivity contribution in [3.05, 3.63) is 46.6 Å². The number of nitrogens with zero attached hydrogens (tertiary/aromatic N) is 1. The Bertz CT molecular complexity index is 896. The molecule has 9 heteroatoms. The molecule has 1 aliphatic rings. The zero-order valence-electron chi connectivity index (χ0n) is 13.3. The number of hydrogen-bond donors (Lipinski definition) is 2. The van der Waals surface area contributed by atoms with Gasteiger partial charge in [0.2, 0.25) is 15.9 Å². The number of halogens is 1. The average Bonchev–Trinajstić information content (AvgIpc) is 3.39. The van der Waals surface area contributed by atoms with Crippen molar-refractivity contribution in [2.75, 3.05) is 12.4 Å². The molecule has 3 rings (SSSR count). The molecular formula is C16H16BrN3O4S. The minimum absolute atomic E-state index is 0.00343. The van der Waals surface area contributed by atoms with Gasteiger partial charge in [0, 0.05) is 16.6 Å². The van der Waals surface area contributed by atoms with Gasteiger partial charge in [-0.2, -0.15) is 0 Å². The first-order chi connectivity index (χ1) is 11.9. The zero-order valence-corrected chi connectivity index (χ0v) is 15.7. The summed E-state index contributed by atoms with van der Waals surface area (Å²) >= 11 is 3.29. The Morgan fingerprint density at radius 3 is 2.64 bits per heavy atom. The molecule has 2 N–H and O–H groups in total. The highest BCUT2D eigenvalue weighted by Gasteiger charge is 2.28. The number of nitrogens with one attached hydrogen (secondary N) is 2. The largest absolute Gasteiger partial charge is 0.481 e. The molecule has 0 radical (unpaired) electrons. The van der Waals surface area contributed by atoms with Crippen molar-refractivity contribution in [2.45, 2.75) is 23.8 Å². The molecule has 1 saturated carbocycles. The van der Waals surface area contributed by atoms with Crippen molar-refractivity contribution in [3.63, 3.8) is 0 Å². The van der Waals surface area contributed by atoms with Crippen LogP contribution in [0.4, 0.5) is 5.69 Å². The van der Waals surface area contributed by atoms with Crippen LogP contribution < -0.4 is 14.8 Å². The maximum absolute atomic E-state index is 12.5. The van der Waals surface area contributed by atoms with E-state index in [2.05, 4.69) is 31.0 Å². The molecule has 1 amide bonds. The van der Waals surface area contributed by atoms with E-state index in [0.717, 1.165) is 12.8 Å². The van der Waals surface area contributed by atoms with Gasteiger partial charge in [-0.3, -0.25) is 4.79 Å². The van der Waals surface area contributed by atoms with Crippen molar-refractivity contribution in [2.24, 2.45) is 0 Å². The third kappa shape index (κ3) is 4.36. The van der Waals surface area contributed by atoms with Crippen LogP contribution in [0.15, 0.2) is 45.9 Å². The molecule has 0 saturated heterocycles. The summed E-state index contributed by atoms with van der Waals surface area (Å²) in [6.45, 7) is 0. The Morgan fingerprint density at radius 2 is 2.04 bits per heavy atom. The monoisotopic (exact) mass is 425 g/mol. The molecule has 0 spiro atoms.